The molecule has 27 heavy (non-hydrogen) atoms. The van der Waals surface area contributed by atoms with Gasteiger partial charge in [-0.2, -0.15) is 0 Å². The molecule has 3 rings (SSSR count). The minimum Gasteiger partial charge on any atom is -0.494 e. The third-order valence-electron chi connectivity index (χ3n) is 4.85. The standard InChI is InChI=1S/C21H28N2O3S/c1-2-26-20-12-10-19(11-13-20)21(23-14-6-7-15-23)16-22-27(24,25)17-18-8-4-3-5-9-18/h3-5,8-13,21-22H,2,6-7,14-17H2,1H3. The summed E-state index contributed by atoms with van der Waals surface area (Å²) in [6, 6.07) is 17.3. The van der Waals surface area contributed by atoms with Crippen LogP contribution in [0, 0.1) is 0 Å². The van der Waals surface area contributed by atoms with Crippen LogP contribution in [0.5, 0.6) is 5.75 Å². The summed E-state index contributed by atoms with van der Waals surface area (Å²) in [5.41, 5.74) is 1.91. The Bertz CT molecular complexity index is 801. The third-order valence-corrected chi connectivity index (χ3v) is 6.17. The predicted molar refractivity (Wildman–Crippen MR) is 108 cm³/mol. The van der Waals surface area contributed by atoms with Crippen molar-refractivity contribution in [3.8, 4) is 5.75 Å². The van der Waals surface area contributed by atoms with Crippen molar-refractivity contribution in [2.75, 3.05) is 26.2 Å². The number of nitrogens with one attached hydrogen (secondary N) is 1. The summed E-state index contributed by atoms with van der Waals surface area (Å²) in [6.07, 6.45) is 2.31. The fourth-order valence-corrected chi connectivity index (χ4v) is 4.66. The van der Waals surface area contributed by atoms with Gasteiger partial charge in [0.2, 0.25) is 10.0 Å². The monoisotopic (exact) mass is 388 g/mol. The van der Waals surface area contributed by atoms with Crippen LogP contribution in [0.2, 0.25) is 0 Å². The first-order valence-electron chi connectivity index (χ1n) is 9.55. The van der Waals surface area contributed by atoms with Crippen molar-refractivity contribution in [3.63, 3.8) is 0 Å². The third kappa shape index (κ3) is 5.79. The average Bonchev–Trinajstić information content (AvgIpc) is 3.18. The topological polar surface area (TPSA) is 58.6 Å². The lowest BCUT2D eigenvalue weighted by molar-refractivity contribution is 0.246. The van der Waals surface area contributed by atoms with Gasteiger partial charge < -0.3 is 4.74 Å². The van der Waals surface area contributed by atoms with E-state index in [0.29, 0.717) is 13.2 Å². The molecule has 0 amide bonds. The molecule has 6 heteroatoms. The van der Waals surface area contributed by atoms with Crippen molar-refractivity contribution in [2.45, 2.75) is 31.6 Å². The Hall–Kier alpha value is -1.89. The van der Waals surface area contributed by atoms with Gasteiger partial charge in [0.05, 0.1) is 12.4 Å². The summed E-state index contributed by atoms with van der Waals surface area (Å²) in [7, 11) is -3.39. The van der Waals surface area contributed by atoms with E-state index in [1.807, 2.05) is 61.5 Å². The summed E-state index contributed by atoms with van der Waals surface area (Å²) in [6.45, 7) is 4.97. The Morgan fingerprint density at radius 1 is 1.04 bits per heavy atom. The van der Waals surface area contributed by atoms with Gasteiger partial charge in [-0.15, -0.1) is 0 Å². The number of likely N-dealkylation sites (tertiary alicyclic amines) is 1. The Morgan fingerprint density at radius 2 is 1.70 bits per heavy atom. The minimum atomic E-state index is -3.39. The highest BCUT2D eigenvalue weighted by atomic mass is 32.2. The highest BCUT2D eigenvalue weighted by Gasteiger charge is 2.25. The molecule has 0 saturated carbocycles. The Labute approximate surface area is 162 Å². The number of sulfonamides is 1. The van der Waals surface area contributed by atoms with Gasteiger partial charge in [0.15, 0.2) is 0 Å². The molecule has 1 unspecified atom stereocenters. The molecule has 0 radical (unpaired) electrons. The van der Waals surface area contributed by atoms with Crippen LogP contribution < -0.4 is 9.46 Å². The zero-order chi connectivity index (χ0) is 19.1. The predicted octanol–water partition coefficient (Wildman–Crippen LogP) is 3.34. The van der Waals surface area contributed by atoms with Gasteiger partial charge in [-0.3, -0.25) is 4.90 Å². The number of benzene rings is 2. The maximum Gasteiger partial charge on any atom is 0.215 e. The number of hydrogen-bond donors (Lipinski definition) is 1. The molecule has 1 aliphatic heterocycles. The lowest BCUT2D eigenvalue weighted by atomic mass is 10.1. The second kappa shape index (κ2) is 9.35. The summed E-state index contributed by atoms with van der Waals surface area (Å²) in [5, 5.41) is 0. The maximum absolute atomic E-state index is 12.5. The van der Waals surface area contributed by atoms with Gasteiger partial charge in [0.1, 0.15) is 5.75 Å². The molecule has 0 bridgehead atoms. The van der Waals surface area contributed by atoms with Gasteiger partial charge in [-0.1, -0.05) is 42.5 Å². The van der Waals surface area contributed by atoms with Gasteiger partial charge in [0.25, 0.3) is 0 Å². The van der Waals surface area contributed by atoms with Crippen LogP contribution in [-0.4, -0.2) is 39.6 Å². The van der Waals surface area contributed by atoms with E-state index in [1.54, 1.807) is 0 Å². The van der Waals surface area contributed by atoms with E-state index in [0.717, 1.165) is 42.8 Å². The summed E-state index contributed by atoms with van der Waals surface area (Å²) in [5.74, 6) is 0.843. The minimum absolute atomic E-state index is 0.00381. The summed E-state index contributed by atoms with van der Waals surface area (Å²) in [4.78, 5) is 2.36. The largest absolute Gasteiger partial charge is 0.494 e. The molecule has 1 saturated heterocycles. The van der Waals surface area contributed by atoms with Crippen molar-refractivity contribution in [1.82, 2.24) is 9.62 Å². The van der Waals surface area contributed by atoms with Crippen molar-refractivity contribution in [1.29, 1.82) is 0 Å². The summed E-state index contributed by atoms with van der Waals surface area (Å²) < 4.78 is 33.4. The zero-order valence-corrected chi connectivity index (χ0v) is 16.6. The molecule has 2 aromatic rings. The van der Waals surface area contributed by atoms with E-state index in [-0.39, 0.29) is 11.8 Å². The zero-order valence-electron chi connectivity index (χ0n) is 15.8. The molecular weight excluding hydrogens is 360 g/mol. The second-order valence-electron chi connectivity index (χ2n) is 6.85. The van der Waals surface area contributed by atoms with Crippen molar-refractivity contribution < 1.29 is 13.2 Å². The number of ether oxygens (including phenoxy) is 1. The molecule has 1 heterocycles. The van der Waals surface area contributed by atoms with Gasteiger partial charge >= 0.3 is 0 Å². The van der Waals surface area contributed by atoms with Crippen LogP contribution in [0.15, 0.2) is 54.6 Å². The van der Waals surface area contributed by atoms with Crippen LogP contribution in [-0.2, 0) is 15.8 Å². The van der Waals surface area contributed by atoms with Crippen molar-refractivity contribution in [2.24, 2.45) is 0 Å². The first-order valence-corrected chi connectivity index (χ1v) is 11.2. The number of hydrogen-bond acceptors (Lipinski definition) is 4. The van der Waals surface area contributed by atoms with E-state index in [9.17, 15) is 8.42 Å². The first-order chi connectivity index (χ1) is 13.1. The van der Waals surface area contributed by atoms with Crippen LogP contribution in [0.1, 0.15) is 36.9 Å². The Morgan fingerprint density at radius 3 is 2.33 bits per heavy atom. The molecule has 1 N–H and O–H groups in total. The molecular formula is C21H28N2O3S. The fraction of sp³-hybridized carbons (Fsp3) is 0.429. The number of nitrogens with zero attached hydrogens (tertiary/aromatic N) is 1. The maximum atomic E-state index is 12.5. The van der Waals surface area contributed by atoms with Crippen molar-refractivity contribution in [3.05, 3.63) is 65.7 Å². The first kappa shape index (κ1) is 19.9. The highest BCUT2D eigenvalue weighted by molar-refractivity contribution is 7.88. The van der Waals surface area contributed by atoms with Crippen LogP contribution in [0.3, 0.4) is 0 Å². The second-order valence-corrected chi connectivity index (χ2v) is 8.66. The molecule has 1 atom stereocenters. The lowest BCUT2D eigenvalue weighted by Crippen LogP contribution is -2.37. The molecule has 0 aromatic heterocycles. The molecule has 146 valence electrons. The Balaban J connectivity index is 1.70. The van der Waals surface area contributed by atoms with Gasteiger partial charge in [0, 0.05) is 12.6 Å². The van der Waals surface area contributed by atoms with Gasteiger partial charge in [-0.05, 0) is 56.1 Å². The summed E-state index contributed by atoms with van der Waals surface area (Å²) >= 11 is 0. The van der Waals surface area contributed by atoms with Crippen LogP contribution in [0.4, 0.5) is 0 Å². The van der Waals surface area contributed by atoms with Crippen LogP contribution >= 0.6 is 0 Å². The normalized spacial score (nSPS) is 16.3. The van der Waals surface area contributed by atoms with E-state index in [4.69, 9.17) is 4.74 Å². The molecule has 1 aliphatic rings. The molecule has 2 aromatic carbocycles. The van der Waals surface area contributed by atoms with Crippen molar-refractivity contribution >= 4 is 10.0 Å². The quantitative estimate of drug-likeness (QED) is 0.716. The van der Waals surface area contributed by atoms with E-state index in [1.165, 1.54) is 0 Å². The Kier molecular flexibility index (Phi) is 6.88. The van der Waals surface area contributed by atoms with Gasteiger partial charge in [-0.25, -0.2) is 13.1 Å². The highest BCUT2D eigenvalue weighted by Crippen LogP contribution is 2.26. The fourth-order valence-electron chi connectivity index (χ4n) is 3.51. The van der Waals surface area contributed by atoms with E-state index in [2.05, 4.69) is 9.62 Å². The lowest BCUT2D eigenvalue weighted by Gasteiger charge is -2.28. The van der Waals surface area contributed by atoms with E-state index >= 15 is 0 Å². The SMILES string of the molecule is CCOc1ccc(C(CNS(=O)(=O)Cc2ccccc2)N2CCCC2)cc1. The van der Waals surface area contributed by atoms with E-state index < -0.39 is 10.0 Å². The molecule has 0 spiro atoms. The smallest absolute Gasteiger partial charge is 0.215 e. The van der Waals surface area contributed by atoms with Crippen LogP contribution in [0.25, 0.3) is 0 Å². The molecule has 0 aliphatic carbocycles. The number of rotatable bonds is 9. The molecule has 5 nitrogen and oxygen atoms in total. The molecule has 1 fully saturated rings. The average molecular weight is 389 g/mol.